The maximum absolute atomic E-state index is 10.7. The summed E-state index contributed by atoms with van der Waals surface area (Å²) in [5, 5.41) is 13.8. The number of nitro groups is 1. The molecule has 1 aromatic heterocycles. The largest absolute Gasteiger partial charge is 0.362 e. The van der Waals surface area contributed by atoms with E-state index in [-0.39, 0.29) is 11.7 Å². The fourth-order valence-electron chi connectivity index (χ4n) is 1.47. The monoisotopic (exact) mass is 223 g/mol. The van der Waals surface area contributed by atoms with Gasteiger partial charge >= 0.3 is 5.69 Å². The van der Waals surface area contributed by atoms with Gasteiger partial charge in [-0.15, -0.1) is 0 Å². The molecule has 0 amide bonds. The average molecular weight is 223 g/mol. The van der Waals surface area contributed by atoms with Crippen molar-refractivity contribution in [2.24, 2.45) is 0 Å². The first-order valence-corrected chi connectivity index (χ1v) is 5.51. The van der Waals surface area contributed by atoms with Crippen LogP contribution in [-0.2, 0) is 0 Å². The van der Waals surface area contributed by atoms with Crippen molar-refractivity contribution < 1.29 is 4.92 Å². The summed E-state index contributed by atoms with van der Waals surface area (Å²) in [4.78, 5) is 14.3. The molecule has 0 aliphatic carbocycles. The lowest BCUT2D eigenvalue weighted by molar-refractivity contribution is -0.384. The first-order valence-electron chi connectivity index (χ1n) is 5.51. The minimum atomic E-state index is -0.415. The van der Waals surface area contributed by atoms with Gasteiger partial charge in [0.25, 0.3) is 0 Å². The molecule has 5 heteroatoms. The number of unbranched alkanes of at least 4 members (excludes halogenated alkanes) is 1. The lowest BCUT2D eigenvalue weighted by Crippen LogP contribution is -2.16. The van der Waals surface area contributed by atoms with Gasteiger partial charge in [-0.25, -0.2) is 4.98 Å². The van der Waals surface area contributed by atoms with Crippen LogP contribution in [0.5, 0.6) is 0 Å². The van der Waals surface area contributed by atoms with Crippen molar-refractivity contribution in [2.45, 2.75) is 39.2 Å². The van der Waals surface area contributed by atoms with Crippen LogP contribution in [0.25, 0.3) is 0 Å². The molecule has 1 N–H and O–H groups in total. The van der Waals surface area contributed by atoms with Crippen LogP contribution < -0.4 is 5.32 Å². The quantitative estimate of drug-likeness (QED) is 0.594. The third kappa shape index (κ3) is 3.49. The average Bonchev–Trinajstić information content (AvgIpc) is 2.27. The van der Waals surface area contributed by atoms with Gasteiger partial charge in [-0.3, -0.25) is 10.1 Å². The van der Waals surface area contributed by atoms with Crippen LogP contribution in [0.2, 0.25) is 0 Å². The van der Waals surface area contributed by atoms with E-state index in [1.807, 2.05) is 6.92 Å². The number of nitrogens with zero attached hydrogens (tertiary/aromatic N) is 2. The van der Waals surface area contributed by atoms with E-state index in [4.69, 9.17) is 0 Å². The molecule has 0 spiro atoms. The van der Waals surface area contributed by atoms with Gasteiger partial charge in [-0.05, 0) is 19.4 Å². The highest BCUT2D eigenvalue weighted by Crippen LogP contribution is 2.21. The molecule has 1 rings (SSSR count). The first-order chi connectivity index (χ1) is 7.65. The van der Waals surface area contributed by atoms with E-state index in [2.05, 4.69) is 17.2 Å². The maximum Gasteiger partial charge on any atom is 0.311 e. The summed E-state index contributed by atoms with van der Waals surface area (Å²) in [6.45, 7) is 4.13. The molecular weight excluding hydrogens is 206 g/mol. The van der Waals surface area contributed by atoms with Gasteiger partial charge in [0.05, 0.1) is 4.92 Å². The normalized spacial score (nSPS) is 12.1. The van der Waals surface area contributed by atoms with E-state index < -0.39 is 4.92 Å². The summed E-state index contributed by atoms with van der Waals surface area (Å²) in [6.07, 6.45) is 4.78. The smallest absolute Gasteiger partial charge is 0.311 e. The summed E-state index contributed by atoms with van der Waals surface area (Å²) < 4.78 is 0. The molecule has 0 radical (unpaired) electrons. The molecule has 1 heterocycles. The van der Waals surface area contributed by atoms with Crippen LogP contribution in [0.3, 0.4) is 0 Å². The summed E-state index contributed by atoms with van der Waals surface area (Å²) in [6, 6.07) is 3.23. The molecule has 0 fully saturated rings. The number of hydrogen-bond donors (Lipinski definition) is 1. The van der Waals surface area contributed by atoms with Gasteiger partial charge in [0.2, 0.25) is 5.82 Å². The third-order valence-corrected chi connectivity index (χ3v) is 2.36. The molecule has 0 saturated heterocycles. The minimum absolute atomic E-state index is 0.0332. The number of hydrogen-bond acceptors (Lipinski definition) is 4. The van der Waals surface area contributed by atoms with E-state index in [9.17, 15) is 10.1 Å². The molecule has 1 unspecified atom stereocenters. The Morgan fingerprint density at radius 2 is 2.38 bits per heavy atom. The Balaban J connectivity index is 2.69. The second-order valence-electron chi connectivity index (χ2n) is 3.82. The van der Waals surface area contributed by atoms with E-state index in [0.717, 1.165) is 19.3 Å². The zero-order chi connectivity index (χ0) is 12.0. The predicted molar refractivity (Wildman–Crippen MR) is 63.5 cm³/mol. The van der Waals surface area contributed by atoms with E-state index in [0.29, 0.717) is 5.82 Å². The third-order valence-electron chi connectivity index (χ3n) is 2.36. The van der Waals surface area contributed by atoms with Crippen LogP contribution in [0.4, 0.5) is 11.5 Å². The molecule has 5 nitrogen and oxygen atoms in total. The van der Waals surface area contributed by atoms with Gasteiger partial charge in [0.15, 0.2) is 0 Å². The van der Waals surface area contributed by atoms with Crippen molar-refractivity contribution in [1.29, 1.82) is 0 Å². The first kappa shape index (κ1) is 12.4. The standard InChI is InChI=1S/C11H17N3O2/c1-3-4-6-9(2)13-11-10(14(15)16)7-5-8-12-11/h5,7-9H,3-4,6H2,1-2H3,(H,12,13). The number of anilines is 1. The Labute approximate surface area is 95.0 Å². The van der Waals surface area contributed by atoms with Crippen LogP contribution >= 0.6 is 0 Å². The number of rotatable bonds is 6. The van der Waals surface area contributed by atoms with Crippen molar-refractivity contribution in [1.82, 2.24) is 4.98 Å². The summed E-state index contributed by atoms with van der Waals surface area (Å²) in [5.74, 6) is 0.358. The molecule has 88 valence electrons. The SMILES string of the molecule is CCCCC(C)Nc1ncccc1[N+](=O)[O-]. The minimum Gasteiger partial charge on any atom is -0.362 e. The Morgan fingerprint density at radius 1 is 1.62 bits per heavy atom. The fourth-order valence-corrected chi connectivity index (χ4v) is 1.47. The van der Waals surface area contributed by atoms with Crippen LogP contribution in [0, 0.1) is 10.1 Å². The van der Waals surface area contributed by atoms with Crippen molar-refractivity contribution >= 4 is 11.5 Å². The molecular formula is C11H17N3O2. The summed E-state index contributed by atoms with van der Waals surface area (Å²) in [7, 11) is 0. The van der Waals surface area contributed by atoms with Crippen LogP contribution in [0.1, 0.15) is 33.1 Å². The maximum atomic E-state index is 10.7. The Hall–Kier alpha value is -1.65. The zero-order valence-corrected chi connectivity index (χ0v) is 9.64. The predicted octanol–water partition coefficient (Wildman–Crippen LogP) is 2.98. The van der Waals surface area contributed by atoms with Crippen molar-refractivity contribution in [2.75, 3.05) is 5.32 Å². The van der Waals surface area contributed by atoms with Gasteiger partial charge in [-0.1, -0.05) is 19.8 Å². The van der Waals surface area contributed by atoms with E-state index in [1.54, 1.807) is 12.3 Å². The van der Waals surface area contributed by atoms with Gasteiger partial charge in [0, 0.05) is 18.3 Å². The molecule has 0 aromatic carbocycles. The highest BCUT2D eigenvalue weighted by molar-refractivity contribution is 5.55. The Bertz CT molecular complexity index is 355. The number of nitrogens with one attached hydrogen (secondary N) is 1. The van der Waals surface area contributed by atoms with Gasteiger partial charge in [0.1, 0.15) is 0 Å². The molecule has 0 aliphatic heterocycles. The van der Waals surface area contributed by atoms with Crippen molar-refractivity contribution in [3.63, 3.8) is 0 Å². The van der Waals surface area contributed by atoms with Crippen LogP contribution in [-0.4, -0.2) is 15.9 Å². The highest BCUT2D eigenvalue weighted by Gasteiger charge is 2.15. The van der Waals surface area contributed by atoms with E-state index >= 15 is 0 Å². The lowest BCUT2D eigenvalue weighted by Gasteiger charge is -2.13. The van der Waals surface area contributed by atoms with E-state index in [1.165, 1.54) is 6.07 Å². The molecule has 1 atom stereocenters. The number of pyridine rings is 1. The molecule has 0 aliphatic rings. The second-order valence-corrected chi connectivity index (χ2v) is 3.82. The zero-order valence-electron chi connectivity index (χ0n) is 9.64. The number of aromatic nitrogens is 1. The molecule has 0 bridgehead atoms. The molecule has 0 saturated carbocycles. The van der Waals surface area contributed by atoms with Crippen molar-refractivity contribution in [3.8, 4) is 0 Å². The Kier molecular flexibility index (Phi) is 4.69. The van der Waals surface area contributed by atoms with Gasteiger partial charge in [-0.2, -0.15) is 0 Å². The molecule has 1 aromatic rings. The summed E-state index contributed by atoms with van der Waals surface area (Å²) >= 11 is 0. The lowest BCUT2D eigenvalue weighted by atomic mass is 10.1. The Morgan fingerprint density at radius 3 is 3.00 bits per heavy atom. The van der Waals surface area contributed by atoms with Crippen LogP contribution in [0.15, 0.2) is 18.3 Å². The van der Waals surface area contributed by atoms with Crippen molar-refractivity contribution in [3.05, 3.63) is 28.4 Å². The summed E-state index contributed by atoms with van der Waals surface area (Å²) in [5.41, 5.74) is 0.0332. The highest BCUT2D eigenvalue weighted by atomic mass is 16.6. The topological polar surface area (TPSA) is 68.1 Å². The molecule has 16 heavy (non-hydrogen) atoms. The fraction of sp³-hybridized carbons (Fsp3) is 0.545. The van der Waals surface area contributed by atoms with Gasteiger partial charge < -0.3 is 5.32 Å². The second kappa shape index (κ2) is 6.05.